The molecular weight excluding hydrogens is 380 g/mol. The summed E-state index contributed by atoms with van der Waals surface area (Å²) in [5, 5.41) is 14.8. The zero-order chi connectivity index (χ0) is 20.2. The van der Waals surface area contributed by atoms with E-state index in [1.54, 1.807) is 0 Å². The monoisotopic (exact) mass is 399 g/mol. The molecule has 0 saturated carbocycles. The van der Waals surface area contributed by atoms with E-state index in [9.17, 15) is 27.1 Å². The van der Waals surface area contributed by atoms with E-state index in [0.717, 1.165) is 16.4 Å². The molecule has 2 aromatic rings. The quantitative estimate of drug-likeness (QED) is 0.693. The van der Waals surface area contributed by atoms with Gasteiger partial charge >= 0.3 is 6.03 Å². The number of rotatable bonds is 6. The molecule has 1 atom stereocenters. The lowest BCUT2D eigenvalue weighted by Crippen LogP contribution is -2.32. The summed E-state index contributed by atoms with van der Waals surface area (Å²) < 4.78 is 51.3. The second-order valence-corrected chi connectivity index (χ2v) is 7.99. The molecule has 10 heteroatoms. The highest BCUT2D eigenvalue weighted by Crippen LogP contribution is 2.18. The number of nitrogens with zero attached hydrogens (tertiary/aromatic N) is 1. The fourth-order valence-corrected chi connectivity index (χ4v) is 3.10. The highest BCUT2D eigenvalue weighted by molar-refractivity contribution is 7.89. The van der Waals surface area contributed by atoms with Crippen molar-refractivity contribution in [1.82, 2.24) is 9.62 Å². The van der Waals surface area contributed by atoms with Gasteiger partial charge in [-0.3, -0.25) is 0 Å². The van der Waals surface area contributed by atoms with Crippen LogP contribution in [0.25, 0.3) is 0 Å². The van der Waals surface area contributed by atoms with Gasteiger partial charge in [0.2, 0.25) is 10.0 Å². The van der Waals surface area contributed by atoms with Gasteiger partial charge in [-0.2, -0.15) is 0 Å². The first kappa shape index (κ1) is 20.7. The van der Waals surface area contributed by atoms with Gasteiger partial charge in [-0.05, 0) is 35.9 Å². The Morgan fingerprint density at radius 3 is 2.48 bits per heavy atom. The Labute approximate surface area is 155 Å². The number of carbonyl (C=O) groups is 1. The van der Waals surface area contributed by atoms with Crippen molar-refractivity contribution in [2.24, 2.45) is 0 Å². The minimum absolute atomic E-state index is 0.00659. The van der Waals surface area contributed by atoms with Crippen LogP contribution in [0.15, 0.2) is 47.4 Å². The van der Waals surface area contributed by atoms with Gasteiger partial charge in [-0.1, -0.05) is 12.1 Å². The molecule has 0 heterocycles. The first-order chi connectivity index (χ1) is 12.6. The Balaban J connectivity index is 1.99. The summed E-state index contributed by atoms with van der Waals surface area (Å²) in [6.45, 7) is -0.257. The minimum Gasteiger partial charge on any atom is -0.387 e. The van der Waals surface area contributed by atoms with Crippen LogP contribution in [-0.4, -0.2) is 44.5 Å². The fraction of sp³-hybridized carbons (Fsp3) is 0.235. The van der Waals surface area contributed by atoms with Crippen molar-refractivity contribution in [2.45, 2.75) is 11.0 Å². The van der Waals surface area contributed by atoms with Crippen molar-refractivity contribution in [1.29, 1.82) is 0 Å². The Bertz CT molecular complexity index is 936. The lowest BCUT2D eigenvalue weighted by Gasteiger charge is -2.14. The van der Waals surface area contributed by atoms with Gasteiger partial charge < -0.3 is 15.7 Å². The third-order valence-corrected chi connectivity index (χ3v) is 5.47. The number of amides is 2. The van der Waals surface area contributed by atoms with Crippen molar-refractivity contribution in [3.05, 3.63) is 59.7 Å². The van der Waals surface area contributed by atoms with Gasteiger partial charge in [0.05, 0.1) is 11.0 Å². The molecule has 0 fully saturated rings. The number of sulfonamides is 1. The number of halogens is 2. The Morgan fingerprint density at radius 1 is 1.15 bits per heavy atom. The topological polar surface area (TPSA) is 98.7 Å². The van der Waals surface area contributed by atoms with E-state index < -0.39 is 33.8 Å². The summed E-state index contributed by atoms with van der Waals surface area (Å²) in [6, 6.07) is 7.89. The summed E-state index contributed by atoms with van der Waals surface area (Å²) >= 11 is 0. The number of hydrogen-bond donors (Lipinski definition) is 3. The second-order valence-electron chi connectivity index (χ2n) is 5.84. The van der Waals surface area contributed by atoms with E-state index >= 15 is 0 Å². The van der Waals surface area contributed by atoms with Crippen molar-refractivity contribution in [2.75, 3.05) is 26.0 Å². The lowest BCUT2D eigenvalue weighted by atomic mass is 10.1. The number of nitrogens with one attached hydrogen (secondary N) is 2. The molecule has 2 aromatic carbocycles. The molecule has 1 unspecified atom stereocenters. The largest absolute Gasteiger partial charge is 0.387 e. The van der Waals surface area contributed by atoms with Gasteiger partial charge in [0.1, 0.15) is 0 Å². The molecule has 3 N–H and O–H groups in total. The molecule has 2 rings (SSSR count). The lowest BCUT2D eigenvalue weighted by molar-refractivity contribution is 0.174. The number of anilines is 1. The van der Waals surface area contributed by atoms with Crippen LogP contribution in [0.1, 0.15) is 11.7 Å². The summed E-state index contributed by atoms with van der Waals surface area (Å²) in [5.74, 6) is -2.14. The van der Waals surface area contributed by atoms with Crippen LogP contribution in [0.4, 0.5) is 19.3 Å². The SMILES string of the molecule is CN(C)S(=O)(=O)c1cccc(NC(=O)NCC(O)c2ccc(F)c(F)c2)c1. The first-order valence-electron chi connectivity index (χ1n) is 7.81. The Kier molecular flexibility index (Phi) is 6.47. The van der Waals surface area contributed by atoms with Crippen molar-refractivity contribution in [3.8, 4) is 0 Å². The summed E-state index contributed by atoms with van der Waals surface area (Å²) in [6.07, 6.45) is -1.24. The van der Waals surface area contributed by atoms with Gasteiger partial charge in [0, 0.05) is 26.3 Å². The predicted octanol–water partition coefficient (Wildman–Crippen LogP) is 2.07. The van der Waals surface area contributed by atoms with E-state index in [0.29, 0.717) is 0 Å². The number of urea groups is 1. The molecule has 0 bridgehead atoms. The van der Waals surface area contributed by atoms with E-state index in [2.05, 4.69) is 10.6 Å². The van der Waals surface area contributed by atoms with Gasteiger partial charge in [0.25, 0.3) is 0 Å². The van der Waals surface area contributed by atoms with Crippen LogP contribution in [0.5, 0.6) is 0 Å². The average Bonchev–Trinajstić information content (AvgIpc) is 2.62. The smallest absolute Gasteiger partial charge is 0.319 e. The second kappa shape index (κ2) is 8.42. The number of carbonyl (C=O) groups excluding carboxylic acids is 1. The highest BCUT2D eigenvalue weighted by atomic mass is 32.2. The number of hydrogen-bond acceptors (Lipinski definition) is 4. The van der Waals surface area contributed by atoms with E-state index in [1.807, 2.05) is 0 Å². The van der Waals surface area contributed by atoms with Gasteiger partial charge in [-0.15, -0.1) is 0 Å². The summed E-state index contributed by atoms with van der Waals surface area (Å²) in [4.78, 5) is 11.9. The standard InChI is InChI=1S/C17H19F2N3O4S/c1-22(2)27(25,26)13-5-3-4-12(9-13)21-17(24)20-10-16(23)11-6-7-14(18)15(19)8-11/h3-9,16,23H,10H2,1-2H3,(H2,20,21,24). The minimum atomic E-state index is -3.65. The number of benzene rings is 2. The van der Waals surface area contributed by atoms with Crippen LogP contribution in [0.3, 0.4) is 0 Å². The molecule has 146 valence electrons. The van der Waals surface area contributed by atoms with Crippen LogP contribution in [0.2, 0.25) is 0 Å². The van der Waals surface area contributed by atoms with Crippen LogP contribution in [0, 0.1) is 11.6 Å². The molecular formula is C17H19F2N3O4S. The molecule has 7 nitrogen and oxygen atoms in total. The average molecular weight is 399 g/mol. The molecule has 0 radical (unpaired) electrons. The molecule has 0 saturated heterocycles. The zero-order valence-electron chi connectivity index (χ0n) is 14.6. The number of aliphatic hydroxyl groups is 1. The maximum atomic E-state index is 13.2. The highest BCUT2D eigenvalue weighted by Gasteiger charge is 2.18. The van der Waals surface area contributed by atoms with E-state index in [4.69, 9.17) is 0 Å². The third-order valence-electron chi connectivity index (χ3n) is 3.65. The summed E-state index contributed by atoms with van der Waals surface area (Å²) in [7, 11) is -0.868. The first-order valence-corrected chi connectivity index (χ1v) is 9.25. The number of aliphatic hydroxyl groups excluding tert-OH is 1. The molecule has 0 aliphatic rings. The zero-order valence-corrected chi connectivity index (χ0v) is 15.4. The molecule has 0 spiro atoms. The molecule has 0 aliphatic heterocycles. The summed E-state index contributed by atoms with van der Waals surface area (Å²) in [5.41, 5.74) is 0.339. The normalized spacial score (nSPS) is 12.7. The maximum absolute atomic E-state index is 13.2. The molecule has 27 heavy (non-hydrogen) atoms. The molecule has 0 aromatic heterocycles. The Hall–Kier alpha value is -2.56. The third kappa shape index (κ3) is 5.22. The Morgan fingerprint density at radius 2 is 1.85 bits per heavy atom. The van der Waals surface area contributed by atoms with Crippen molar-refractivity contribution >= 4 is 21.7 Å². The van der Waals surface area contributed by atoms with E-state index in [-0.39, 0.29) is 22.7 Å². The van der Waals surface area contributed by atoms with E-state index in [1.165, 1.54) is 44.4 Å². The van der Waals surface area contributed by atoms with Crippen molar-refractivity contribution in [3.63, 3.8) is 0 Å². The van der Waals surface area contributed by atoms with Gasteiger partial charge in [0.15, 0.2) is 11.6 Å². The molecule has 0 aliphatic carbocycles. The fourth-order valence-electron chi connectivity index (χ4n) is 2.15. The maximum Gasteiger partial charge on any atom is 0.319 e. The van der Waals surface area contributed by atoms with Gasteiger partial charge in [-0.25, -0.2) is 26.3 Å². The van der Waals surface area contributed by atoms with Crippen LogP contribution < -0.4 is 10.6 Å². The molecule has 2 amide bonds. The van der Waals surface area contributed by atoms with Crippen LogP contribution in [-0.2, 0) is 10.0 Å². The van der Waals surface area contributed by atoms with Crippen LogP contribution >= 0.6 is 0 Å². The van der Waals surface area contributed by atoms with Crippen molar-refractivity contribution < 1.29 is 27.1 Å². The predicted molar refractivity (Wildman–Crippen MR) is 95.7 cm³/mol.